The van der Waals surface area contributed by atoms with Crippen molar-refractivity contribution in [3.05, 3.63) is 63.2 Å². The van der Waals surface area contributed by atoms with E-state index in [1.165, 1.54) is 10.9 Å². The van der Waals surface area contributed by atoms with Gasteiger partial charge in [-0.2, -0.15) is 0 Å². The van der Waals surface area contributed by atoms with E-state index in [-0.39, 0.29) is 0 Å². The van der Waals surface area contributed by atoms with E-state index >= 15 is 0 Å². The predicted octanol–water partition coefficient (Wildman–Crippen LogP) is 4.80. The van der Waals surface area contributed by atoms with Crippen LogP contribution in [0.3, 0.4) is 0 Å². The summed E-state index contributed by atoms with van der Waals surface area (Å²) in [5.41, 5.74) is 9.21. The van der Waals surface area contributed by atoms with Crippen molar-refractivity contribution in [1.29, 1.82) is 0 Å². The summed E-state index contributed by atoms with van der Waals surface area (Å²) >= 11 is 6.92. The second-order valence-electron chi connectivity index (χ2n) is 4.49. The van der Waals surface area contributed by atoms with E-state index in [4.69, 9.17) is 5.73 Å². The molecule has 0 radical (unpaired) electrons. The number of nitrogen functional groups attached to an aromatic ring is 1. The summed E-state index contributed by atoms with van der Waals surface area (Å²) in [6.07, 6.45) is 2.10. The molecule has 4 heteroatoms. The Labute approximate surface area is 128 Å². The summed E-state index contributed by atoms with van der Waals surface area (Å²) in [6, 6.07) is 14.4. The minimum absolute atomic E-state index is 0.782. The number of hydrogen-bond acceptors (Lipinski definition) is 1. The average molecular weight is 380 g/mol. The molecule has 2 aromatic carbocycles. The number of aromatic nitrogens is 1. The van der Waals surface area contributed by atoms with Crippen molar-refractivity contribution in [3.63, 3.8) is 0 Å². The molecule has 0 amide bonds. The number of nitrogens with zero attached hydrogens (tertiary/aromatic N) is 1. The number of anilines is 1. The summed E-state index contributed by atoms with van der Waals surface area (Å²) in [5, 5.41) is 1.23. The van der Waals surface area contributed by atoms with Gasteiger partial charge >= 0.3 is 0 Å². The van der Waals surface area contributed by atoms with Crippen LogP contribution in [0.1, 0.15) is 5.56 Å². The van der Waals surface area contributed by atoms with E-state index in [2.05, 4.69) is 73.0 Å². The second kappa shape index (κ2) is 5.02. The molecular weight excluding hydrogens is 368 g/mol. The van der Waals surface area contributed by atoms with Gasteiger partial charge in [0, 0.05) is 38.3 Å². The van der Waals surface area contributed by atoms with E-state index in [1.54, 1.807) is 0 Å². The lowest BCUT2D eigenvalue weighted by Gasteiger charge is -2.09. The first kappa shape index (κ1) is 12.8. The largest absolute Gasteiger partial charge is 0.398 e. The lowest BCUT2D eigenvalue weighted by Crippen LogP contribution is -2.01. The normalized spacial score (nSPS) is 11.1. The van der Waals surface area contributed by atoms with E-state index < -0.39 is 0 Å². The SMILES string of the molecule is Nc1cc(Br)ccc1Cn1ccc2cc(Br)ccc21. The molecule has 0 aliphatic heterocycles. The van der Waals surface area contributed by atoms with Gasteiger partial charge < -0.3 is 10.3 Å². The van der Waals surface area contributed by atoms with Crippen LogP contribution in [0, 0.1) is 0 Å². The molecule has 3 rings (SSSR count). The highest BCUT2D eigenvalue weighted by molar-refractivity contribution is 9.10. The van der Waals surface area contributed by atoms with Gasteiger partial charge in [-0.1, -0.05) is 37.9 Å². The summed E-state index contributed by atoms with van der Waals surface area (Å²) in [4.78, 5) is 0. The van der Waals surface area contributed by atoms with Gasteiger partial charge in [0.05, 0.1) is 0 Å². The first-order valence-corrected chi connectivity index (χ1v) is 7.50. The highest BCUT2D eigenvalue weighted by Crippen LogP contribution is 2.24. The lowest BCUT2D eigenvalue weighted by molar-refractivity contribution is 0.839. The smallest absolute Gasteiger partial charge is 0.0496 e. The molecule has 2 nitrogen and oxygen atoms in total. The predicted molar refractivity (Wildman–Crippen MR) is 87.3 cm³/mol. The van der Waals surface area contributed by atoms with Crippen molar-refractivity contribution >= 4 is 48.5 Å². The quantitative estimate of drug-likeness (QED) is 0.637. The fourth-order valence-corrected chi connectivity index (χ4v) is 2.96. The molecule has 0 aliphatic carbocycles. The van der Waals surface area contributed by atoms with Crippen molar-refractivity contribution in [2.75, 3.05) is 5.73 Å². The minimum Gasteiger partial charge on any atom is -0.398 e. The van der Waals surface area contributed by atoms with Crippen LogP contribution >= 0.6 is 31.9 Å². The number of benzene rings is 2. The maximum Gasteiger partial charge on any atom is 0.0496 e. The Morgan fingerprint density at radius 2 is 1.68 bits per heavy atom. The highest BCUT2D eigenvalue weighted by atomic mass is 79.9. The average Bonchev–Trinajstić information content (AvgIpc) is 2.75. The first-order chi connectivity index (χ1) is 9.13. The number of halogens is 2. The van der Waals surface area contributed by atoms with Crippen LogP contribution in [0.2, 0.25) is 0 Å². The van der Waals surface area contributed by atoms with Gasteiger partial charge in [0.2, 0.25) is 0 Å². The summed E-state index contributed by atoms with van der Waals surface area (Å²) in [5.74, 6) is 0. The van der Waals surface area contributed by atoms with Gasteiger partial charge in [-0.25, -0.2) is 0 Å². The molecule has 0 bridgehead atoms. The van der Waals surface area contributed by atoms with Crippen molar-refractivity contribution < 1.29 is 0 Å². The molecule has 0 saturated carbocycles. The maximum absolute atomic E-state index is 6.06. The van der Waals surface area contributed by atoms with Crippen LogP contribution in [0.25, 0.3) is 10.9 Å². The Morgan fingerprint density at radius 1 is 0.947 bits per heavy atom. The van der Waals surface area contributed by atoms with Crippen molar-refractivity contribution in [2.45, 2.75) is 6.54 Å². The Bertz CT molecular complexity index is 747. The zero-order valence-electron chi connectivity index (χ0n) is 10.1. The third-order valence-corrected chi connectivity index (χ3v) is 4.17. The molecule has 3 aromatic rings. The van der Waals surface area contributed by atoms with Crippen LogP contribution in [-0.4, -0.2) is 4.57 Å². The van der Waals surface area contributed by atoms with E-state index in [1.807, 2.05) is 12.1 Å². The lowest BCUT2D eigenvalue weighted by atomic mass is 10.2. The minimum atomic E-state index is 0.782. The molecule has 0 atom stereocenters. The van der Waals surface area contributed by atoms with Gasteiger partial charge in [-0.3, -0.25) is 0 Å². The highest BCUT2D eigenvalue weighted by Gasteiger charge is 2.05. The van der Waals surface area contributed by atoms with Crippen LogP contribution in [0.15, 0.2) is 57.6 Å². The standard InChI is InChI=1S/C15H12Br2N2/c16-12-3-4-15-10(7-12)5-6-19(15)9-11-1-2-13(17)8-14(11)18/h1-8H,9,18H2. The molecule has 96 valence electrons. The number of fused-ring (bicyclic) bond motifs is 1. The summed E-state index contributed by atoms with van der Waals surface area (Å²) in [7, 11) is 0. The van der Waals surface area contributed by atoms with E-state index in [0.29, 0.717) is 0 Å². The zero-order valence-corrected chi connectivity index (χ0v) is 13.3. The van der Waals surface area contributed by atoms with Gasteiger partial charge in [0.25, 0.3) is 0 Å². The van der Waals surface area contributed by atoms with Crippen molar-refractivity contribution in [2.24, 2.45) is 0 Å². The van der Waals surface area contributed by atoms with Crippen LogP contribution in [-0.2, 0) is 6.54 Å². The van der Waals surface area contributed by atoms with Gasteiger partial charge in [-0.15, -0.1) is 0 Å². The number of nitrogens with two attached hydrogens (primary N) is 1. The summed E-state index contributed by atoms with van der Waals surface area (Å²) < 4.78 is 4.32. The van der Waals surface area contributed by atoms with Crippen LogP contribution in [0.4, 0.5) is 5.69 Å². The van der Waals surface area contributed by atoms with Crippen molar-refractivity contribution in [1.82, 2.24) is 4.57 Å². The van der Waals surface area contributed by atoms with Crippen molar-refractivity contribution in [3.8, 4) is 0 Å². The molecule has 0 saturated heterocycles. The monoisotopic (exact) mass is 378 g/mol. The molecule has 1 heterocycles. The topological polar surface area (TPSA) is 30.9 Å². The van der Waals surface area contributed by atoms with E-state index in [9.17, 15) is 0 Å². The molecule has 0 aliphatic rings. The third kappa shape index (κ3) is 2.55. The first-order valence-electron chi connectivity index (χ1n) is 5.92. The molecule has 2 N–H and O–H groups in total. The Balaban J connectivity index is 2.01. The molecular formula is C15H12Br2N2. The fourth-order valence-electron chi connectivity index (χ4n) is 2.20. The maximum atomic E-state index is 6.06. The molecule has 0 fully saturated rings. The Kier molecular flexibility index (Phi) is 3.37. The zero-order chi connectivity index (χ0) is 13.4. The van der Waals surface area contributed by atoms with Gasteiger partial charge in [0.15, 0.2) is 0 Å². The number of hydrogen-bond donors (Lipinski definition) is 1. The van der Waals surface area contributed by atoms with Gasteiger partial charge in [0.1, 0.15) is 0 Å². The molecule has 19 heavy (non-hydrogen) atoms. The molecule has 0 unspecified atom stereocenters. The molecule has 0 spiro atoms. The second-order valence-corrected chi connectivity index (χ2v) is 6.32. The third-order valence-electron chi connectivity index (χ3n) is 3.18. The number of rotatable bonds is 2. The summed E-state index contributed by atoms with van der Waals surface area (Å²) in [6.45, 7) is 0.782. The Morgan fingerprint density at radius 3 is 2.47 bits per heavy atom. The van der Waals surface area contributed by atoms with Gasteiger partial charge in [-0.05, 0) is 42.0 Å². The van der Waals surface area contributed by atoms with E-state index in [0.717, 1.165) is 26.7 Å². The molecule has 1 aromatic heterocycles. The van der Waals surface area contributed by atoms with Crippen LogP contribution in [0.5, 0.6) is 0 Å². The Hall–Kier alpha value is -1.26. The van der Waals surface area contributed by atoms with Crippen LogP contribution < -0.4 is 5.73 Å². The fraction of sp³-hybridized carbons (Fsp3) is 0.0667.